The van der Waals surface area contributed by atoms with Crippen LogP contribution in [0.2, 0.25) is 0 Å². The first-order chi connectivity index (χ1) is 11.4. The van der Waals surface area contributed by atoms with Gasteiger partial charge in [0.25, 0.3) is 15.9 Å². The minimum Gasteiger partial charge on any atom is -0.336 e. The van der Waals surface area contributed by atoms with E-state index in [4.69, 9.17) is 4.52 Å². The molecule has 24 heavy (non-hydrogen) atoms. The molecule has 0 fully saturated rings. The van der Waals surface area contributed by atoms with E-state index in [1.165, 1.54) is 0 Å². The molecule has 0 saturated heterocycles. The van der Waals surface area contributed by atoms with Crippen molar-refractivity contribution in [1.29, 1.82) is 0 Å². The minimum absolute atomic E-state index is 0.0651. The maximum atomic E-state index is 12.4. The second-order valence-corrected chi connectivity index (χ2v) is 7.89. The van der Waals surface area contributed by atoms with Crippen LogP contribution in [0.5, 0.6) is 0 Å². The SMILES string of the molecule is Cc1cccc(-c2ccc(S(=O)(=O)Nc3onc(C)c3Br)cc2)c1. The highest BCUT2D eigenvalue weighted by Gasteiger charge is 2.19. The predicted molar refractivity (Wildman–Crippen MR) is 96.4 cm³/mol. The first kappa shape index (κ1) is 16.7. The maximum absolute atomic E-state index is 12.4. The second kappa shape index (κ2) is 6.41. The predicted octanol–water partition coefficient (Wildman–Crippen LogP) is 4.52. The third-order valence-electron chi connectivity index (χ3n) is 3.53. The highest BCUT2D eigenvalue weighted by molar-refractivity contribution is 9.10. The Labute approximate surface area is 148 Å². The van der Waals surface area contributed by atoms with Gasteiger partial charge in [-0.3, -0.25) is 0 Å². The molecule has 5 nitrogen and oxygen atoms in total. The highest BCUT2D eigenvalue weighted by Crippen LogP contribution is 2.28. The first-order valence-corrected chi connectivity index (χ1v) is 9.46. The number of nitrogens with one attached hydrogen (secondary N) is 1. The molecule has 0 radical (unpaired) electrons. The fraction of sp³-hybridized carbons (Fsp3) is 0.118. The molecule has 1 N–H and O–H groups in total. The molecule has 0 spiro atoms. The van der Waals surface area contributed by atoms with E-state index in [1.54, 1.807) is 31.2 Å². The van der Waals surface area contributed by atoms with Crippen LogP contribution in [-0.2, 0) is 10.0 Å². The Bertz CT molecular complexity index is 979. The van der Waals surface area contributed by atoms with E-state index >= 15 is 0 Å². The summed E-state index contributed by atoms with van der Waals surface area (Å²) in [6, 6.07) is 14.7. The van der Waals surface area contributed by atoms with E-state index in [2.05, 4.69) is 31.9 Å². The molecule has 0 aliphatic carbocycles. The molecule has 0 saturated carbocycles. The van der Waals surface area contributed by atoms with Crippen LogP contribution in [-0.4, -0.2) is 13.6 Å². The Morgan fingerprint density at radius 2 is 1.75 bits per heavy atom. The van der Waals surface area contributed by atoms with Crippen LogP contribution < -0.4 is 4.72 Å². The number of nitrogens with zero attached hydrogens (tertiary/aromatic N) is 1. The van der Waals surface area contributed by atoms with Gasteiger partial charge in [0.2, 0.25) is 0 Å². The van der Waals surface area contributed by atoms with Crippen molar-refractivity contribution in [3.05, 3.63) is 64.3 Å². The van der Waals surface area contributed by atoms with Crippen molar-refractivity contribution in [1.82, 2.24) is 5.16 Å². The zero-order valence-electron chi connectivity index (χ0n) is 13.1. The number of hydrogen-bond acceptors (Lipinski definition) is 4. The van der Waals surface area contributed by atoms with Gasteiger partial charge >= 0.3 is 0 Å². The number of benzene rings is 2. The lowest BCUT2D eigenvalue weighted by Gasteiger charge is -2.07. The van der Waals surface area contributed by atoms with Crippen molar-refractivity contribution in [3.8, 4) is 11.1 Å². The number of anilines is 1. The lowest BCUT2D eigenvalue weighted by atomic mass is 10.0. The molecule has 0 aliphatic rings. The summed E-state index contributed by atoms with van der Waals surface area (Å²) in [6.45, 7) is 3.73. The second-order valence-electron chi connectivity index (χ2n) is 5.41. The van der Waals surface area contributed by atoms with Crippen molar-refractivity contribution in [3.63, 3.8) is 0 Å². The topological polar surface area (TPSA) is 72.2 Å². The Hall–Kier alpha value is -2.12. The molecule has 1 heterocycles. The summed E-state index contributed by atoms with van der Waals surface area (Å²) < 4.78 is 32.7. The maximum Gasteiger partial charge on any atom is 0.264 e. The lowest BCUT2D eigenvalue weighted by Crippen LogP contribution is -2.12. The van der Waals surface area contributed by atoms with Crippen LogP contribution in [0.15, 0.2) is 62.4 Å². The van der Waals surface area contributed by atoms with E-state index in [-0.39, 0.29) is 10.8 Å². The van der Waals surface area contributed by atoms with Crippen LogP contribution in [0.1, 0.15) is 11.3 Å². The largest absolute Gasteiger partial charge is 0.336 e. The normalized spacial score (nSPS) is 11.5. The van der Waals surface area contributed by atoms with E-state index < -0.39 is 10.0 Å². The average Bonchev–Trinajstić information content (AvgIpc) is 2.87. The summed E-state index contributed by atoms with van der Waals surface area (Å²) in [5.74, 6) is 0.0651. The number of hydrogen-bond donors (Lipinski definition) is 1. The lowest BCUT2D eigenvalue weighted by molar-refractivity contribution is 0.430. The van der Waals surface area contributed by atoms with Gasteiger partial charge in [-0.2, -0.15) is 0 Å². The summed E-state index contributed by atoms with van der Waals surface area (Å²) in [6.07, 6.45) is 0. The summed E-state index contributed by atoms with van der Waals surface area (Å²) in [4.78, 5) is 0.153. The molecule has 0 amide bonds. The molecule has 3 aromatic rings. The molecule has 7 heteroatoms. The van der Waals surface area contributed by atoms with Crippen LogP contribution in [0.25, 0.3) is 11.1 Å². The Morgan fingerprint density at radius 1 is 1.04 bits per heavy atom. The monoisotopic (exact) mass is 406 g/mol. The molecular weight excluding hydrogens is 392 g/mol. The van der Waals surface area contributed by atoms with Crippen LogP contribution in [0, 0.1) is 13.8 Å². The summed E-state index contributed by atoms with van der Waals surface area (Å²) in [5.41, 5.74) is 3.72. The third-order valence-corrected chi connectivity index (χ3v) is 5.81. The van der Waals surface area contributed by atoms with Crippen molar-refractivity contribution >= 4 is 31.8 Å². The minimum atomic E-state index is -3.74. The Kier molecular flexibility index (Phi) is 4.47. The number of sulfonamides is 1. The first-order valence-electron chi connectivity index (χ1n) is 7.18. The third kappa shape index (κ3) is 3.37. The fourth-order valence-corrected chi connectivity index (χ4v) is 3.62. The van der Waals surface area contributed by atoms with Gasteiger partial charge in [0, 0.05) is 0 Å². The zero-order valence-corrected chi connectivity index (χ0v) is 15.5. The average molecular weight is 407 g/mol. The zero-order chi connectivity index (χ0) is 17.3. The van der Waals surface area contributed by atoms with Gasteiger partial charge in [-0.25, -0.2) is 13.1 Å². The van der Waals surface area contributed by atoms with E-state index in [0.29, 0.717) is 10.2 Å². The van der Waals surface area contributed by atoms with Gasteiger partial charge in [0.1, 0.15) is 4.47 Å². The van der Waals surface area contributed by atoms with Crippen LogP contribution in [0.4, 0.5) is 5.88 Å². The number of halogens is 1. The highest BCUT2D eigenvalue weighted by atomic mass is 79.9. The molecule has 0 bridgehead atoms. The van der Waals surface area contributed by atoms with Gasteiger partial charge in [0.05, 0.1) is 10.6 Å². The molecule has 0 atom stereocenters. The van der Waals surface area contributed by atoms with Gasteiger partial charge < -0.3 is 4.52 Å². The number of aryl methyl sites for hydroxylation is 2. The van der Waals surface area contributed by atoms with E-state index in [9.17, 15) is 8.42 Å². The molecule has 0 unspecified atom stereocenters. The van der Waals surface area contributed by atoms with Crippen LogP contribution >= 0.6 is 15.9 Å². The summed E-state index contributed by atoms with van der Waals surface area (Å²) in [5, 5.41) is 3.71. The smallest absolute Gasteiger partial charge is 0.264 e. The molecule has 2 aromatic carbocycles. The van der Waals surface area contributed by atoms with Gasteiger partial charge in [-0.1, -0.05) is 47.1 Å². The van der Waals surface area contributed by atoms with Gasteiger partial charge in [-0.15, -0.1) is 0 Å². The van der Waals surface area contributed by atoms with Gasteiger partial charge in [0.15, 0.2) is 0 Å². The van der Waals surface area contributed by atoms with Crippen molar-refractivity contribution in [2.75, 3.05) is 4.72 Å². The molecule has 3 rings (SSSR count). The van der Waals surface area contributed by atoms with Crippen molar-refractivity contribution in [2.45, 2.75) is 18.7 Å². The molecular formula is C17H15BrN2O3S. The molecule has 1 aromatic heterocycles. The fourth-order valence-electron chi connectivity index (χ4n) is 2.25. The summed E-state index contributed by atoms with van der Waals surface area (Å²) in [7, 11) is -3.74. The Balaban J connectivity index is 1.88. The van der Waals surface area contributed by atoms with Gasteiger partial charge in [-0.05, 0) is 53.0 Å². The van der Waals surface area contributed by atoms with Crippen molar-refractivity contribution < 1.29 is 12.9 Å². The van der Waals surface area contributed by atoms with Crippen molar-refractivity contribution in [2.24, 2.45) is 0 Å². The molecule has 0 aliphatic heterocycles. The standard InChI is InChI=1S/C17H15BrN2O3S/c1-11-4-3-5-14(10-11)13-6-8-15(9-7-13)24(21,22)20-17-16(18)12(2)19-23-17/h3-10,20H,1-2H3. The van der Waals surface area contributed by atoms with Crippen LogP contribution in [0.3, 0.4) is 0 Å². The van der Waals surface area contributed by atoms with E-state index in [1.807, 2.05) is 25.1 Å². The summed E-state index contributed by atoms with van der Waals surface area (Å²) >= 11 is 3.24. The number of aromatic nitrogens is 1. The molecule has 124 valence electrons. The van der Waals surface area contributed by atoms with E-state index in [0.717, 1.165) is 16.7 Å². The quantitative estimate of drug-likeness (QED) is 0.690. The number of rotatable bonds is 4. The Morgan fingerprint density at radius 3 is 2.33 bits per heavy atom.